The lowest BCUT2D eigenvalue weighted by Gasteiger charge is -2.18. The normalized spacial score (nSPS) is 17.2. The summed E-state index contributed by atoms with van der Waals surface area (Å²) >= 11 is 9.20. The Balaban J connectivity index is 2.03. The van der Waals surface area contributed by atoms with Crippen molar-refractivity contribution < 1.29 is 4.74 Å². The van der Waals surface area contributed by atoms with Crippen molar-refractivity contribution in [1.29, 1.82) is 0 Å². The third-order valence-electron chi connectivity index (χ3n) is 2.69. The van der Waals surface area contributed by atoms with E-state index in [1.807, 2.05) is 6.07 Å². The maximum Gasteiger partial charge on any atom is 0.143 e. The Bertz CT molecular complexity index is 371. The summed E-state index contributed by atoms with van der Waals surface area (Å²) in [5.74, 6) is 0.731. The SMILES string of the molecule is COCC(Nc1cnc(Cl)c(Br)c1)C1CC1. The zero-order valence-electron chi connectivity index (χ0n) is 9.04. The van der Waals surface area contributed by atoms with E-state index in [1.165, 1.54) is 12.8 Å². The first-order valence-corrected chi connectivity index (χ1v) is 6.44. The predicted molar refractivity (Wildman–Crippen MR) is 69.0 cm³/mol. The highest BCUT2D eigenvalue weighted by Crippen LogP contribution is 2.34. The van der Waals surface area contributed by atoms with E-state index in [4.69, 9.17) is 16.3 Å². The summed E-state index contributed by atoms with van der Waals surface area (Å²) in [5, 5.41) is 3.92. The molecule has 1 unspecified atom stereocenters. The van der Waals surface area contributed by atoms with Crippen LogP contribution >= 0.6 is 27.5 Å². The Kier molecular flexibility index (Phi) is 4.05. The fourth-order valence-electron chi connectivity index (χ4n) is 1.69. The minimum atomic E-state index is 0.375. The summed E-state index contributed by atoms with van der Waals surface area (Å²) in [6.45, 7) is 0.727. The molecule has 1 fully saturated rings. The van der Waals surface area contributed by atoms with Crippen molar-refractivity contribution in [2.45, 2.75) is 18.9 Å². The highest BCUT2D eigenvalue weighted by Gasteiger charge is 2.31. The van der Waals surface area contributed by atoms with Crippen molar-refractivity contribution in [2.24, 2.45) is 5.92 Å². The van der Waals surface area contributed by atoms with Gasteiger partial charge in [-0.25, -0.2) is 4.98 Å². The molecule has 0 aromatic carbocycles. The lowest BCUT2D eigenvalue weighted by molar-refractivity contribution is 0.179. The molecule has 16 heavy (non-hydrogen) atoms. The van der Waals surface area contributed by atoms with Gasteiger partial charge in [0, 0.05) is 7.11 Å². The number of methoxy groups -OCH3 is 1. The molecule has 0 saturated heterocycles. The van der Waals surface area contributed by atoms with Crippen molar-refractivity contribution in [2.75, 3.05) is 19.0 Å². The summed E-state index contributed by atoms with van der Waals surface area (Å²) in [5.41, 5.74) is 0.977. The minimum Gasteiger partial charge on any atom is -0.383 e. The summed E-state index contributed by atoms with van der Waals surface area (Å²) in [4.78, 5) is 4.09. The lowest BCUT2D eigenvalue weighted by Crippen LogP contribution is -2.27. The molecule has 1 atom stereocenters. The van der Waals surface area contributed by atoms with Gasteiger partial charge in [0.2, 0.25) is 0 Å². The largest absolute Gasteiger partial charge is 0.383 e. The van der Waals surface area contributed by atoms with Crippen molar-refractivity contribution in [3.05, 3.63) is 21.9 Å². The van der Waals surface area contributed by atoms with Crippen LogP contribution in [0.5, 0.6) is 0 Å². The Morgan fingerprint density at radius 2 is 2.44 bits per heavy atom. The smallest absolute Gasteiger partial charge is 0.143 e. The van der Waals surface area contributed by atoms with Crippen LogP contribution in [-0.2, 0) is 4.74 Å². The molecule has 1 aromatic rings. The van der Waals surface area contributed by atoms with Crippen LogP contribution in [0.25, 0.3) is 0 Å². The number of hydrogen-bond acceptors (Lipinski definition) is 3. The average molecular weight is 306 g/mol. The zero-order chi connectivity index (χ0) is 11.5. The Labute approximate surface area is 109 Å². The molecule has 1 aliphatic carbocycles. The first-order valence-electron chi connectivity index (χ1n) is 5.27. The molecule has 1 heterocycles. The van der Waals surface area contributed by atoms with E-state index in [2.05, 4.69) is 26.2 Å². The van der Waals surface area contributed by atoms with Crippen molar-refractivity contribution in [3.63, 3.8) is 0 Å². The van der Waals surface area contributed by atoms with E-state index < -0.39 is 0 Å². The second-order valence-corrected chi connectivity index (χ2v) is 5.25. The van der Waals surface area contributed by atoms with Crippen LogP contribution in [0.4, 0.5) is 5.69 Å². The van der Waals surface area contributed by atoms with Gasteiger partial charge in [-0.1, -0.05) is 11.6 Å². The van der Waals surface area contributed by atoms with Crippen molar-refractivity contribution >= 4 is 33.2 Å². The number of ether oxygens (including phenoxy) is 1. The molecule has 0 radical (unpaired) electrons. The Morgan fingerprint density at radius 1 is 1.69 bits per heavy atom. The Hall–Kier alpha value is -0.320. The molecule has 2 rings (SSSR count). The molecule has 1 aromatic heterocycles. The van der Waals surface area contributed by atoms with Gasteiger partial charge in [-0.3, -0.25) is 0 Å². The van der Waals surface area contributed by atoms with E-state index in [-0.39, 0.29) is 0 Å². The fraction of sp³-hybridized carbons (Fsp3) is 0.545. The highest BCUT2D eigenvalue weighted by molar-refractivity contribution is 9.10. The number of pyridine rings is 1. The number of rotatable bonds is 5. The van der Waals surface area contributed by atoms with E-state index in [9.17, 15) is 0 Å². The van der Waals surface area contributed by atoms with E-state index in [0.717, 1.165) is 22.7 Å². The standard InChI is InChI=1S/C11H14BrClN2O/c1-16-6-10(7-2-3-7)15-8-4-9(12)11(13)14-5-8/h4-5,7,10,15H,2-3,6H2,1H3. The van der Waals surface area contributed by atoms with Gasteiger partial charge in [-0.2, -0.15) is 0 Å². The summed E-state index contributed by atoms with van der Waals surface area (Å²) in [6.07, 6.45) is 4.31. The van der Waals surface area contributed by atoms with Gasteiger partial charge in [0.15, 0.2) is 0 Å². The first-order chi connectivity index (χ1) is 7.70. The number of aromatic nitrogens is 1. The predicted octanol–water partition coefficient (Wildman–Crippen LogP) is 3.33. The van der Waals surface area contributed by atoms with E-state index in [0.29, 0.717) is 11.2 Å². The molecule has 0 bridgehead atoms. The van der Waals surface area contributed by atoms with Crippen LogP contribution in [0.2, 0.25) is 5.15 Å². The Morgan fingerprint density at radius 3 is 3.00 bits per heavy atom. The maximum absolute atomic E-state index is 5.84. The molecule has 5 heteroatoms. The molecule has 1 saturated carbocycles. The minimum absolute atomic E-state index is 0.375. The molecule has 0 spiro atoms. The molecule has 88 valence electrons. The molecular formula is C11H14BrClN2O. The van der Waals surface area contributed by atoms with Crippen LogP contribution in [-0.4, -0.2) is 24.7 Å². The number of anilines is 1. The molecule has 3 nitrogen and oxygen atoms in total. The molecule has 0 aliphatic heterocycles. The quantitative estimate of drug-likeness (QED) is 0.847. The lowest BCUT2D eigenvalue weighted by atomic mass is 10.2. The van der Waals surface area contributed by atoms with Gasteiger partial charge in [0.25, 0.3) is 0 Å². The third-order valence-corrected chi connectivity index (χ3v) is 3.82. The van der Waals surface area contributed by atoms with Crippen molar-refractivity contribution in [1.82, 2.24) is 4.98 Å². The van der Waals surface area contributed by atoms with E-state index >= 15 is 0 Å². The molecule has 1 N–H and O–H groups in total. The van der Waals surface area contributed by atoms with E-state index in [1.54, 1.807) is 13.3 Å². The summed E-state index contributed by atoms with van der Waals surface area (Å²) in [7, 11) is 1.73. The van der Waals surface area contributed by atoms with Crippen LogP contribution in [0, 0.1) is 5.92 Å². The van der Waals surface area contributed by atoms with Gasteiger partial charge in [-0.15, -0.1) is 0 Å². The molecule has 0 amide bonds. The number of halogens is 2. The van der Waals surface area contributed by atoms with Crippen LogP contribution in [0.3, 0.4) is 0 Å². The fourth-order valence-corrected chi connectivity index (χ4v) is 2.14. The van der Waals surface area contributed by atoms with Crippen molar-refractivity contribution in [3.8, 4) is 0 Å². The van der Waals surface area contributed by atoms with Gasteiger partial charge >= 0.3 is 0 Å². The van der Waals surface area contributed by atoms with Gasteiger partial charge in [-0.05, 0) is 40.8 Å². The average Bonchev–Trinajstić information content (AvgIpc) is 3.06. The van der Waals surface area contributed by atoms with Gasteiger partial charge < -0.3 is 10.1 Å². The summed E-state index contributed by atoms with van der Waals surface area (Å²) < 4.78 is 6.02. The summed E-state index contributed by atoms with van der Waals surface area (Å²) in [6, 6.07) is 2.32. The van der Waals surface area contributed by atoms with Gasteiger partial charge in [0.1, 0.15) is 5.15 Å². The maximum atomic E-state index is 5.84. The zero-order valence-corrected chi connectivity index (χ0v) is 11.4. The topological polar surface area (TPSA) is 34.1 Å². The second kappa shape index (κ2) is 5.34. The molecular weight excluding hydrogens is 291 g/mol. The number of hydrogen-bond donors (Lipinski definition) is 1. The van der Waals surface area contributed by atoms with Crippen LogP contribution in [0.15, 0.2) is 16.7 Å². The first kappa shape index (κ1) is 12.1. The highest BCUT2D eigenvalue weighted by atomic mass is 79.9. The van der Waals surface area contributed by atoms with Gasteiger partial charge in [0.05, 0.1) is 29.0 Å². The van der Waals surface area contributed by atoms with Crippen LogP contribution < -0.4 is 5.32 Å². The third kappa shape index (κ3) is 3.09. The number of nitrogens with zero attached hydrogens (tertiary/aromatic N) is 1. The van der Waals surface area contributed by atoms with Crippen LogP contribution in [0.1, 0.15) is 12.8 Å². The monoisotopic (exact) mass is 304 g/mol. The molecule has 1 aliphatic rings. The second-order valence-electron chi connectivity index (χ2n) is 4.04. The number of nitrogens with one attached hydrogen (secondary N) is 1.